The van der Waals surface area contributed by atoms with Crippen LogP contribution in [0.1, 0.15) is 22.8 Å². The van der Waals surface area contributed by atoms with Gasteiger partial charge in [-0.25, -0.2) is 4.79 Å². The number of fused-ring (bicyclic) bond motifs is 1. The molecule has 0 radical (unpaired) electrons. The van der Waals surface area contributed by atoms with Crippen molar-refractivity contribution in [2.45, 2.75) is 19.1 Å². The Morgan fingerprint density at radius 3 is 2.54 bits per heavy atom. The van der Waals surface area contributed by atoms with Gasteiger partial charge in [0.25, 0.3) is 11.5 Å². The van der Waals surface area contributed by atoms with Crippen molar-refractivity contribution in [2.75, 3.05) is 26.7 Å². The largest absolute Gasteiger partial charge is 0.453 e. The van der Waals surface area contributed by atoms with Crippen LogP contribution in [0, 0.1) is 0 Å². The number of benzene rings is 1. The zero-order chi connectivity index (χ0) is 20.6. The van der Waals surface area contributed by atoms with E-state index in [1.165, 1.54) is 29.0 Å². The van der Waals surface area contributed by atoms with Gasteiger partial charge in [0.15, 0.2) is 0 Å². The topological polar surface area (TPSA) is 82.7 Å². The standard InChI is InChI=1S/C18H18F3N3O4/c1-10-9-23(5-6-24(10)17(27)28-2)16(26)13-7-11-3-4-12(18(19,20)21)8-14(11)22-15(13)25/h3-4,7-8,10H,5-6,9H2,1-2H3,(H,22,25)/t10-/m0/s1. The quantitative estimate of drug-likeness (QED) is 0.802. The average molecular weight is 397 g/mol. The second kappa shape index (κ2) is 7.17. The van der Waals surface area contributed by atoms with E-state index in [1.54, 1.807) is 6.92 Å². The number of amides is 2. The highest BCUT2D eigenvalue weighted by molar-refractivity contribution is 5.97. The second-order valence-electron chi connectivity index (χ2n) is 6.58. The first kappa shape index (κ1) is 19.7. The van der Waals surface area contributed by atoms with Crippen LogP contribution in [0.2, 0.25) is 0 Å². The molecule has 0 bridgehead atoms. The molecule has 28 heavy (non-hydrogen) atoms. The molecule has 1 aliphatic rings. The number of carbonyl (C=O) groups excluding carboxylic acids is 2. The average Bonchev–Trinajstić information content (AvgIpc) is 2.65. The fourth-order valence-electron chi connectivity index (χ4n) is 3.24. The van der Waals surface area contributed by atoms with E-state index in [9.17, 15) is 27.6 Å². The Labute approximate surface area is 157 Å². The van der Waals surface area contributed by atoms with Gasteiger partial charge in [0.05, 0.1) is 12.7 Å². The van der Waals surface area contributed by atoms with E-state index in [0.29, 0.717) is 5.39 Å². The minimum Gasteiger partial charge on any atom is -0.453 e. The van der Waals surface area contributed by atoms with E-state index in [0.717, 1.165) is 12.1 Å². The summed E-state index contributed by atoms with van der Waals surface area (Å²) in [6, 6.07) is 3.92. The number of nitrogens with one attached hydrogen (secondary N) is 1. The summed E-state index contributed by atoms with van der Waals surface area (Å²) >= 11 is 0. The first-order chi connectivity index (χ1) is 13.1. The van der Waals surface area contributed by atoms with E-state index in [-0.39, 0.29) is 36.8 Å². The van der Waals surface area contributed by atoms with Gasteiger partial charge < -0.3 is 19.5 Å². The third kappa shape index (κ3) is 3.67. The Hall–Kier alpha value is -3.04. The number of piperazine rings is 1. The lowest BCUT2D eigenvalue weighted by Crippen LogP contribution is -2.55. The Morgan fingerprint density at radius 2 is 1.93 bits per heavy atom. The number of ether oxygens (including phenoxy) is 1. The van der Waals surface area contributed by atoms with E-state index in [2.05, 4.69) is 9.72 Å². The highest BCUT2D eigenvalue weighted by atomic mass is 19.4. The van der Waals surface area contributed by atoms with Crippen molar-refractivity contribution >= 4 is 22.9 Å². The summed E-state index contributed by atoms with van der Waals surface area (Å²) in [7, 11) is 1.27. The van der Waals surface area contributed by atoms with Gasteiger partial charge in [-0.05, 0) is 30.5 Å². The molecular weight excluding hydrogens is 379 g/mol. The smallest absolute Gasteiger partial charge is 0.416 e. The summed E-state index contributed by atoms with van der Waals surface area (Å²) in [5.41, 5.74) is -1.81. The minimum atomic E-state index is -4.53. The van der Waals surface area contributed by atoms with Crippen molar-refractivity contribution in [2.24, 2.45) is 0 Å². The number of nitrogens with zero attached hydrogens (tertiary/aromatic N) is 2. The Bertz CT molecular complexity index is 986. The SMILES string of the molecule is COC(=O)N1CCN(C(=O)c2cc3ccc(C(F)(F)F)cc3[nH]c2=O)C[C@@H]1C. The summed E-state index contributed by atoms with van der Waals surface area (Å²) in [6.07, 6.45) is -5.03. The van der Waals surface area contributed by atoms with Crippen molar-refractivity contribution < 1.29 is 27.5 Å². The molecule has 150 valence electrons. The Balaban J connectivity index is 1.87. The molecule has 1 atom stereocenters. The normalized spacial score (nSPS) is 17.7. The summed E-state index contributed by atoms with van der Waals surface area (Å²) < 4.78 is 43.2. The first-order valence-corrected chi connectivity index (χ1v) is 8.50. The number of H-pyrrole nitrogens is 1. The lowest BCUT2D eigenvalue weighted by molar-refractivity contribution is -0.137. The maximum atomic E-state index is 12.8. The van der Waals surface area contributed by atoms with Gasteiger partial charge in [-0.2, -0.15) is 13.2 Å². The van der Waals surface area contributed by atoms with Crippen LogP contribution in [0.3, 0.4) is 0 Å². The van der Waals surface area contributed by atoms with Gasteiger partial charge in [0.2, 0.25) is 0 Å². The third-order valence-corrected chi connectivity index (χ3v) is 4.73. The lowest BCUT2D eigenvalue weighted by Gasteiger charge is -2.38. The number of hydrogen-bond donors (Lipinski definition) is 1. The van der Waals surface area contributed by atoms with Gasteiger partial charge in [-0.15, -0.1) is 0 Å². The molecule has 1 N–H and O–H groups in total. The summed E-state index contributed by atoms with van der Waals surface area (Å²) in [5, 5.41) is 0.317. The van der Waals surface area contributed by atoms with Crippen LogP contribution >= 0.6 is 0 Å². The molecular formula is C18H18F3N3O4. The van der Waals surface area contributed by atoms with Crippen molar-refractivity contribution in [1.82, 2.24) is 14.8 Å². The van der Waals surface area contributed by atoms with Crippen molar-refractivity contribution in [3.63, 3.8) is 0 Å². The van der Waals surface area contributed by atoms with Gasteiger partial charge >= 0.3 is 12.3 Å². The number of halogens is 3. The number of hydrogen-bond acceptors (Lipinski definition) is 4. The predicted octanol–water partition coefficient (Wildman–Crippen LogP) is 2.46. The summed E-state index contributed by atoms with van der Waals surface area (Å²) in [4.78, 5) is 42.0. The number of carbonyl (C=O) groups is 2. The van der Waals surface area contributed by atoms with E-state index in [1.807, 2.05) is 0 Å². The van der Waals surface area contributed by atoms with Gasteiger partial charge in [0, 0.05) is 31.2 Å². The van der Waals surface area contributed by atoms with Crippen molar-refractivity contribution in [1.29, 1.82) is 0 Å². The molecule has 0 saturated carbocycles. The molecule has 1 saturated heterocycles. The zero-order valence-electron chi connectivity index (χ0n) is 15.2. The van der Waals surface area contributed by atoms with Gasteiger partial charge in [0.1, 0.15) is 5.56 Å². The fraction of sp³-hybridized carbons (Fsp3) is 0.389. The number of methoxy groups -OCH3 is 1. The number of pyridine rings is 1. The number of aromatic nitrogens is 1. The highest BCUT2D eigenvalue weighted by Crippen LogP contribution is 2.30. The molecule has 1 aromatic heterocycles. The molecule has 0 aliphatic carbocycles. The van der Waals surface area contributed by atoms with Crippen LogP contribution < -0.4 is 5.56 Å². The van der Waals surface area contributed by atoms with Crippen molar-refractivity contribution in [3.05, 3.63) is 45.7 Å². The molecule has 1 fully saturated rings. The van der Waals surface area contributed by atoms with Crippen LogP contribution in [0.25, 0.3) is 10.9 Å². The molecule has 0 spiro atoms. The molecule has 2 amide bonds. The van der Waals surface area contributed by atoms with Crippen LogP contribution in [-0.2, 0) is 10.9 Å². The van der Waals surface area contributed by atoms with E-state index >= 15 is 0 Å². The van der Waals surface area contributed by atoms with Crippen LogP contribution in [0.5, 0.6) is 0 Å². The van der Waals surface area contributed by atoms with Gasteiger partial charge in [-0.3, -0.25) is 9.59 Å². The first-order valence-electron chi connectivity index (χ1n) is 8.50. The molecule has 10 heteroatoms. The molecule has 1 aromatic carbocycles. The van der Waals surface area contributed by atoms with Crippen LogP contribution in [0.15, 0.2) is 29.1 Å². The summed E-state index contributed by atoms with van der Waals surface area (Å²) in [6.45, 7) is 2.42. The highest BCUT2D eigenvalue weighted by Gasteiger charge is 2.32. The van der Waals surface area contributed by atoms with Crippen LogP contribution in [-0.4, -0.2) is 59.6 Å². The van der Waals surface area contributed by atoms with E-state index in [4.69, 9.17) is 0 Å². The maximum absolute atomic E-state index is 12.8. The monoisotopic (exact) mass is 397 g/mol. The summed E-state index contributed by atoms with van der Waals surface area (Å²) in [5.74, 6) is -0.542. The van der Waals surface area contributed by atoms with Crippen LogP contribution in [0.4, 0.5) is 18.0 Å². The Morgan fingerprint density at radius 1 is 1.21 bits per heavy atom. The molecule has 3 rings (SSSR count). The maximum Gasteiger partial charge on any atom is 0.416 e. The lowest BCUT2D eigenvalue weighted by atomic mass is 10.1. The number of rotatable bonds is 1. The number of alkyl halides is 3. The number of aromatic amines is 1. The Kier molecular flexibility index (Phi) is 5.05. The second-order valence-corrected chi connectivity index (χ2v) is 6.58. The van der Waals surface area contributed by atoms with Crippen molar-refractivity contribution in [3.8, 4) is 0 Å². The molecule has 1 aliphatic heterocycles. The van der Waals surface area contributed by atoms with E-state index < -0.39 is 29.3 Å². The predicted molar refractivity (Wildman–Crippen MR) is 94.0 cm³/mol. The van der Waals surface area contributed by atoms with Gasteiger partial charge in [-0.1, -0.05) is 6.07 Å². The molecule has 2 heterocycles. The minimum absolute atomic E-state index is 0.000235. The fourth-order valence-corrected chi connectivity index (χ4v) is 3.24. The zero-order valence-corrected chi connectivity index (χ0v) is 15.2. The third-order valence-electron chi connectivity index (χ3n) is 4.73. The molecule has 0 unspecified atom stereocenters. The molecule has 7 nitrogen and oxygen atoms in total. The molecule has 2 aromatic rings.